The molecule has 0 unspecified atom stereocenters. The van der Waals surface area contributed by atoms with Crippen LogP contribution in [0.25, 0.3) is 0 Å². The summed E-state index contributed by atoms with van der Waals surface area (Å²) in [6.45, 7) is 8.30. The molecule has 2 heteroatoms. The first kappa shape index (κ1) is 11.5. The fourth-order valence-electron chi connectivity index (χ4n) is 1.17. The molecular formula is C13H16O2. The van der Waals surface area contributed by atoms with E-state index in [9.17, 15) is 4.79 Å². The summed E-state index contributed by atoms with van der Waals surface area (Å²) in [5.74, 6) is 0.630. The van der Waals surface area contributed by atoms with Gasteiger partial charge in [-0.2, -0.15) is 0 Å². The van der Waals surface area contributed by atoms with Gasteiger partial charge < -0.3 is 4.74 Å². The maximum absolute atomic E-state index is 10.8. The largest absolute Gasteiger partial charge is 0.489 e. The van der Waals surface area contributed by atoms with Crippen molar-refractivity contribution in [3.8, 4) is 5.75 Å². The highest BCUT2D eigenvalue weighted by Crippen LogP contribution is 2.18. The minimum absolute atomic E-state index is 0.473. The van der Waals surface area contributed by atoms with Crippen molar-refractivity contribution < 1.29 is 9.53 Å². The van der Waals surface area contributed by atoms with Crippen LogP contribution in [0.4, 0.5) is 0 Å². The predicted octanol–water partition coefficient (Wildman–Crippen LogP) is 3.15. The molecule has 0 saturated carbocycles. The number of aryl methyl sites for hydroxylation is 1. The SMILES string of the molecule is C=C(CC)COc1ccc(C)cc1C=O. The molecule has 0 aliphatic carbocycles. The summed E-state index contributed by atoms with van der Waals surface area (Å²) in [7, 11) is 0. The molecule has 0 bridgehead atoms. The van der Waals surface area contributed by atoms with Gasteiger partial charge in [0.05, 0.1) is 5.56 Å². The van der Waals surface area contributed by atoms with E-state index in [1.54, 1.807) is 0 Å². The Morgan fingerprint density at radius 3 is 2.87 bits per heavy atom. The molecule has 1 aromatic carbocycles. The molecule has 0 amide bonds. The molecule has 0 aliphatic rings. The standard InChI is InChI=1S/C13H16O2/c1-4-10(2)9-15-13-6-5-11(3)7-12(13)8-14/h5-8H,2,4,9H2,1,3H3. The molecule has 15 heavy (non-hydrogen) atoms. The molecule has 2 nitrogen and oxygen atoms in total. The number of aldehydes is 1. The van der Waals surface area contributed by atoms with Crippen LogP contribution in [0.2, 0.25) is 0 Å². The van der Waals surface area contributed by atoms with E-state index in [0.717, 1.165) is 23.8 Å². The van der Waals surface area contributed by atoms with E-state index < -0.39 is 0 Å². The highest BCUT2D eigenvalue weighted by molar-refractivity contribution is 5.79. The van der Waals surface area contributed by atoms with E-state index in [1.807, 2.05) is 32.0 Å². The zero-order valence-electron chi connectivity index (χ0n) is 9.25. The lowest BCUT2D eigenvalue weighted by atomic mass is 10.1. The Bertz CT molecular complexity index is 367. The summed E-state index contributed by atoms with van der Waals surface area (Å²) >= 11 is 0. The van der Waals surface area contributed by atoms with Gasteiger partial charge in [0.15, 0.2) is 6.29 Å². The maximum Gasteiger partial charge on any atom is 0.153 e. The van der Waals surface area contributed by atoms with Gasteiger partial charge in [0, 0.05) is 0 Å². The number of carbonyl (C=O) groups excluding carboxylic acids is 1. The van der Waals surface area contributed by atoms with E-state index in [2.05, 4.69) is 6.58 Å². The second-order valence-corrected chi connectivity index (χ2v) is 3.55. The highest BCUT2D eigenvalue weighted by Gasteiger charge is 2.03. The zero-order chi connectivity index (χ0) is 11.3. The van der Waals surface area contributed by atoms with Crippen LogP contribution in [0.15, 0.2) is 30.4 Å². The van der Waals surface area contributed by atoms with Crippen molar-refractivity contribution in [3.05, 3.63) is 41.5 Å². The average Bonchev–Trinajstić information content (AvgIpc) is 2.26. The van der Waals surface area contributed by atoms with Gasteiger partial charge in [-0.3, -0.25) is 4.79 Å². The molecule has 0 spiro atoms. The minimum atomic E-state index is 0.473. The normalized spacial score (nSPS) is 9.73. The van der Waals surface area contributed by atoms with E-state index in [-0.39, 0.29) is 0 Å². The van der Waals surface area contributed by atoms with Crippen LogP contribution in [-0.4, -0.2) is 12.9 Å². The van der Waals surface area contributed by atoms with Crippen LogP contribution in [0, 0.1) is 6.92 Å². The third-order valence-corrected chi connectivity index (χ3v) is 2.22. The topological polar surface area (TPSA) is 26.3 Å². The van der Waals surface area contributed by atoms with Gasteiger partial charge in [-0.25, -0.2) is 0 Å². The highest BCUT2D eigenvalue weighted by atomic mass is 16.5. The summed E-state index contributed by atoms with van der Waals surface area (Å²) in [6.07, 6.45) is 1.71. The molecule has 1 rings (SSSR count). The van der Waals surface area contributed by atoms with Crippen LogP contribution in [0.3, 0.4) is 0 Å². The van der Waals surface area contributed by atoms with Gasteiger partial charge >= 0.3 is 0 Å². The second-order valence-electron chi connectivity index (χ2n) is 3.55. The van der Waals surface area contributed by atoms with E-state index in [4.69, 9.17) is 4.74 Å². The van der Waals surface area contributed by atoms with Gasteiger partial charge in [0.25, 0.3) is 0 Å². The Hall–Kier alpha value is -1.57. The van der Waals surface area contributed by atoms with Crippen molar-refractivity contribution in [2.75, 3.05) is 6.61 Å². The molecule has 0 N–H and O–H groups in total. The third-order valence-electron chi connectivity index (χ3n) is 2.22. The fourth-order valence-corrected chi connectivity index (χ4v) is 1.17. The second kappa shape index (κ2) is 5.35. The number of ether oxygens (including phenoxy) is 1. The van der Waals surface area contributed by atoms with Crippen LogP contribution in [-0.2, 0) is 0 Å². The Morgan fingerprint density at radius 2 is 2.27 bits per heavy atom. The molecular weight excluding hydrogens is 188 g/mol. The van der Waals surface area contributed by atoms with E-state index >= 15 is 0 Å². The van der Waals surface area contributed by atoms with Gasteiger partial charge in [-0.1, -0.05) is 25.1 Å². The maximum atomic E-state index is 10.8. The predicted molar refractivity (Wildman–Crippen MR) is 61.5 cm³/mol. The lowest BCUT2D eigenvalue weighted by Gasteiger charge is -2.09. The summed E-state index contributed by atoms with van der Waals surface area (Å²) in [6, 6.07) is 5.57. The van der Waals surface area contributed by atoms with Gasteiger partial charge in [0.2, 0.25) is 0 Å². The summed E-state index contributed by atoms with van der Waals surface area (Å²) in [5.41, 5.74) is 2.67. The minimum Gasteiger partial charge on any atom is -0.489 e. The molecule has 0 heterocycles. The fraction of sp³-hybridized carbons (Fsp3) is 0.308. The van der Waals surface area contributed by atoms with Crippen LogP contribution in [0.5, 0.6) is 5.75 Å². The van der Waals surface area contributed by atoms with Gasteiger partial charge in [0.1, 0.15) is 12.4 Å². The number of benzene rings is 1. The van der Waals surface area contributed by atoms with Gasteiger partial charge in [-0.15, -0.1) is 0 Å². The first-order chi connectivity index (χ1) is 7.17. The number of carbonyl (C=O) groups is 1. The Labute approximate surface area is 90.6 Å². The van der Waals surface area contributed by atoms with Crippen molar-refractivity contribution in [1.82, 2.24) is 0 Å². The lowest BCUT2D eigenvalue weighted by molar-refractivity contribution is 0.112. The molecule has 0 atom stereocenters. The quantitative estimate of drug-likeness (QED) is 0.544. The van der Waals surface area contributed by atoms with Crippen LogP contribution < -0.4 is 4.74 Å². The lowest BCUT2D eigenvalue weighted by Crippen LogP contribution is -2.01. The Morgan fingerprint density at radius 1 is 1.53 bits per heavy atom. The molecule has 80 valence electrons. The molecule has 1 aromatic rings. The third kappa shape index (κ3) is 3.24. The van der Waals surface area contributed by atoms with Crippen LogP contribution in [0.1, 0.15) is 29.3 Å². The first-order valence-electron chi connectivity index (χ1n) is 5.02. The smallest absolute Gasteiger partial charge is 0.153 e. The first-order valence-corrected chi connectivity index (χ1v) is 5.02. The van der Waals surface area contributed by atoms with Crippen molar-refractivity contribution in [2.24, 2.45) is 0 Å². The van der Waals surface area contributed by atoms with Gasteiger partial charge in [-0.05, 0) is 31.1 Å². The molecule has 0 radical (unpaired) electrons. The van der Waals surface area contributed by atoms with Crippen molar-refractivity contribution in [2.45, 2.75) is 20.3 Å². The number of hydrogen-bond acceptors (Lipinski definition) is 2. The summed E-state index contributed by atoms with van der Waals surface area (Å²) < 4.78 is 5.50. The van der Waals surface area contributed by atoms with Crippen molar-refractivity contribution >= 4 is 6.29 Å². The summed E-state index contributed by atoms with van der Waals surface area (Å²) in [4.78, 5) is 10.8. The zero-order valence-corrected chi connectivity index (χ0v) is 9.25. The molecule has 0 aliphatic heterocycles. The number of rotatable bonds is 5. The van der Waals surface area contributed by atoms with Crippen molar-refractivity contribution in [3.63, 3.8) is 0 Å². The van der Waals surface area contributed by atoms with Crippen molar-refractivity contribution in [1.29, 1.82) is 0 Å². The van der Waals surface area contributed by atoms with E-state index in [1.165, 1.54) is 0 Å². The molecule has 0 saturated heterocycles. The monoisotopic (exact) mass is 204 g/mol. The average molecular weight is 204 g/mol. The molecule has 0 aromatic heterocycles. The Kier molecular flexibility index (Phi) is 4.10. The van der Waals surface area contributed by atoms with Crippen LogP contribution >= 0.6 is 0 Å². The summed E-state index contributed by atoms with van der Waals surface area (Å²) in [5, 5.41) is 0. The molecule has 0 fully saturated rings. The number of hydrogen-bond donors (Lipinski definition) is 0. The Balaban J connectivity index is 2.76. The van der Waals surface area contributed by atoms with E-state index in [0.29, 0.717) is 17.9 Å².